The van der Waals surface area contributed by atoms with Crippen LogP contribution in [0.3, 0.4) is 0 Å². The Balaban J connectivity index is 5.55. The van der Waals surface area contributed by atoms with Crippen molar-refractivity contribution in [3.8, 4) is 0 Å². The number of amides is 4. The van der Waals surface area contributed by atoms with Crippen LogP contribution in [-0.2, 0) is 28.8 Å². The van der Waals surface area contributed by atoms with Gasteiger partial charge in [-0.05, 0) is 57.1 Å². The highest BCUT2D eigenvalue weighted by atomic mass is 32.2. The highest BCUT2D eigenvalue weighted by Gasteiger charge is 2.30. The van der Waals surface area contributed by atoms with Gasteiger partial charge in [0.2, 0.25) is 23.6 Å². The summed E-state index contributed by atoms with van der Waals surface area (Å²) < 4.78 is 0. The first kappa shape index (κ1) is 33.1. The van der Waals surface area contributed by atoms with Crippen LogP contribution in [0.25, 0.3) is 0 Å². The van der Waals surface area contributed by atoms with Gasteiger partial charge in [0.25, 0.3) is 0 Å². The fourth-order valence-corrected chi connectivity index (χ4v) is 3.53. The molecule has 0 aromatic heterocycles. The third-order valence-corrected chi connectivity index (χ3v) is 5.77. The van der Waals surface area contributed by atoms with E-state index in [0.29, 0.717) is 31.6 Å². The van der Waals surface area contributed by atoms with Gasteiger partial charge in [-0.15, -0.1) is 0 Å². The third-order valence-electron chi connectivity index (χ3n) is 5.12. The summed E-state index contributed by atoms with van der Waals surface area (Å²) in [6.45, 7) is 0.362. The summed E-state index contributed by atoms with van der Waals surface area (Å²) in [6, 6.07) is -4.82. The van der Waals surface area contributed by atoms with Crippen LogP contribution in [0.15, 0.2) is 0 Å². The molecular weight excluding hydrogens is 496 g/mol. The van der Waals surface area contributed by atoms with E-state index in [1.807, 2.05) is 6.26 Å². The number of thioether (sulfide) groups is 1. The van der Waals surface area contributed by atoms with Crippen LogP contribution < -0.4 is 33.2 Å². The number of unbranched alkanes of at least 4 members (excludes halogenated alkanes) is 1. The van der Waals surface area contributed by atoms with E-state index in [-0.39, 0.29) is 25.7 Å². The van der Waals surface area contributed by atoms with E-state index in [1.165, 1.54) is 11.8 Å². The molecule has 11 N–H and O–H groups in total. The number of carbonyl (C=O) groups excluding carboxylic acids is 4. The lowest BCUT2D eigenvalue weighted by Gasteiger charge is -2.25. The summed E-state index contributed by atoms with van der Waals surface area (Å²) in [5, 5.41) is 25.5. The molecule has 0 aliphatic rings. The average Bonchev–Trinajstić information content (AvgIpc) is 2.81. The minimum Gasteiger partial charge on any atom is -0.481 e. The van der Waals surface area contributed by atoms with Crippen molar-refractivity contribution in [2.45, 2.75) is 75.5 Å². The van der Waals surface area contributed by atoms with Gasteiger partial charge in [0.15, 0.2) is 0 Å². The molecule has 0 saturated heterocycles. The van der Waals surface area contributed by atoms with Crippen molar-refractivity contribution in [2.75, 3.05) is 18.6 Å². The van der Waals surface area contributed by atoms with Gasteiger partial charge < -0.3 is 43.4 Å². The Labute approximate surface area is 213 Å². The summed E-state index contributed by atoms with van der Waals surface area (Å²) in [7, 11) is 0. The fourth-order valence-electron chi connectivity index (χ4n) is 3.04. The Kier molecular flexibility index (Phi) is 16.9. The Morgan fingerprint density at radius 1 is 0.778 bits per heavy atom. The maximum Gasteiger partial charge on any atom is 0.326 e. The Hall–Kier alpha value is -2.91. The second-order valence-electron chi connectivity index (χ2n) is 8.13. The summed E-state index contributed by atoms with van der Waals surface area (Å²) in [4.78, 5) is 71.7. The molecule has 4 unspecified atom stereocenters. The highest BCUT2D eigenvalue weighted by Crippen LogP contribution is 2.07. The third kappa shape index (κ3) is 14.5. The zero-order chi connectivity index (χ0) is 27.7. The summed E-state index contributed by atoms with van der Waals surface area (Å²) in [6.07, 6.45) is 2.04. The Morgan fingerprint density at radius 2 is 1.31 bits per heavy atom. The SMILES string of the molecule is CSCCC(N)C(=O)NC(CCCCN)C(=O)NC(CCC(=O)O)C(=O)NC(CCC(N)=O)C(=O)O. The number of hydrogen-bond donors (Lipinski definition) is 8. The lowest BCUT2D eigenvalue weighted by atomic mass is 10.0. The monoisotopic (exact) mass is 534 g/mol. The van der Waals surface area contributed by atoms with E-state index < -0.39 is 66.2 Å². The van der Waals surface area contributed by atoms with Crippen molar-refractivity contribution in [1.82, 2.24) is 16.0 Å². The fraction of sp³-hybridized carbons (Fsp3) is 0.714. The number of nitrogens with two attached hydrogens (primary N) is 3. The second kappa shape index (κ2) is 18.4. The zero-order valence-corrected chi connectivity index (χ0v) is 21.2. The molecule has 0 aliphatic carbocycles. The van der Waals surface area contributed by atoms with E-state index in [2.05, 4.69) is 16.0 Å². The number of primary amides is 1. The molecule has 0 radical (unpaired) electrons. The molecule has 14 nitrogen and oxygen atoms in total. The number of rotatable bonds is 20. The summed E-state index contributed by atoms with van der Waals surface area (Å²) >= 11 is 1.51. The highest BCUT2D eigenvalue weighted by molar-refractivity contribution is 7.98. The topological polar surface area (TPSA) is 257 Å². The van der Waals surface area contributed by atoms with Crippen LogP contribution in [0.4, 0.5) is 0 Å². The van der Waals surface area contributed by atoms with Crippen molar-refractivity contribution in [3.05, 3.63) is 0 Å². The lowest BCUT2D eigenvalue weighted by molar-refractivity contribution is -0.143. The van der Waals surface area contributed by atoms with Crippen LogP contribution >= 0.6 is 11.8 Å². The van der Waals surface area contributed by atoms with Gasteiger partial charge in [-0.1, -0.05) is 0 Å². The standard InChI is InChI=1S/C21H38N6O8S/c1-36-11-9-12(23)18(31)25-13(4-2-3-10-22)19(32)26-14(6-8-17(29)30)20(33)27-15(21(34)35)5-7-16(24)28/h12-15H,2-11,22-23H2,1H3,(H2,24,28)(H,25,31)(H,26,32)(H,27,33)(H,29,30)(H,34,35). The quantitative estimate of drug-likeness (QED) is 0.0782. The predicted molar refractivity (Wildman–Crippen MR) is 133 cm³/mol. The minimum atomic E-state index is -1.48. The molecule has 4 amide bonds. The first-order chi connectivity index (χ1) is 16.9. The van der Waals surface area contributed by atoms with Crippen LogP contribution in [0.5, 0.6) is 0 Å². The maximum absolute atomic E-state index is 13.0. The number of carboxylic acid groups (broad SMARTS) is 2. The molecule has 0 spiro atoms. The van der Waals surface area contributed by atoms with Crippen LogP contribution in [-0.4, -0.2) is 88.5 Å². The van der Waals surface area contributed by atoms with Crippen molar-refractivity contribution >= 4 is 47.3 Å². The van der Waals surface area contributed by atoms with Crippen molar-refractivity contribution in [1.29, 1.82) is 0 Å². The van der Waals surface area contributed by atoms with Gasteiger partial charge in [-0.2, -0.15) is 11.8 Å². The van der Waals surface area contributed by atoms with E-state index in [9.17, 15) is 33.9 Å². The maximum atomic E-state index is 13.0. The van der Waals surface area contributed by atoms with E-state index in [1.54, 1.807) is 0 Å². The number of carboxylic acids is 2. The van der Waals surface area contributed by atoms with Crippen LogP contribution in [0.1, 0.15) is 51.4 Å². The number of aliphatic carboxylic acids is 2. The van der Waals surface area contributed by atoms with Crippen molar-refractivity contribution in [2.24, 2.45) is 17.2 Å². The van der Waals surface area contributed by atoms with Crippen LogP contribution in [0.2, 0.25) is 0 Å². The van der Waals surface area contributed by atoms with Gasteiger partial charge in [0.1, 0.15) is 18.1 Å². The second-order valence-corrected chi connectivity index (χ2v) is 9.12. The molecule has 0 saturated carbocycles. The van der Waals surface area contributed by atoms with Gasteiger partial charge in [0, 0.05) is 12.8 Å². The molecule has 0 aromatic carbocycles. The van der Waals surface area contributed by atoms with Gasteiger partial charge >= 0.3 is 11.9 Å². The minimum absolute atomic E-state index is 0.188. The predicted octanol–water partition coefficient (Wildman–Crippen LogP) is -2.13. The van der Waals surface area contributed by atoms with Gasteiger partial charge in [0.05, 0.1) is 6.04 Å². The van der Waals surface area contributed by atoms with Gasteiger partial charge in [-0.3, -0.25) is 24.0 Å². The number of hydrogen-bond acceptors (Lipinski definition) is 9. The first-order valence-electron chi connectivity index (χ1n) is 11.5. The van der Waals surface area contributed by atoms with E-state index >= 15 is 0 Å². The molecule has 0 bridgehead atoms. The average molecular weight is 535 g/mol. The molecule has 206 valence electrons. The van der Waals surface area contributed by atoms with Gasteiger partial charge in [-0.25, -0.2) is 4.79 Å². The molecule has 0 heterocycles. The first-order valence-corrected chi connectivity index (χ1v) is 12.9. The molecule has 15 heteroatoms. The summed E-state index contributed by atoms with van der Waals surface area (Å²) in [5.74, 6) is -5.07. The number of nitrogens with one attached hydrogen (secondary N) is 3. The van der Waals surface area contributed by atoms with E-state index in [4.69, 9.17) is 22.3 Å². The molecule has 0 fully saturated rings. The molecule has 0 rings (SSSR count). The molecule has 0 aromatic rings. The number of carbonyl (C=O) groups is 6. The smallest absolute Gasteiger partial charge is 0.326 e. The summed E-state index contributed by atoms with van der Waals surface area (Å²) in [5.41, 5.74) is 16.4. The normalized spacial score (nSPS) is 14.1. The van der Waals surface area contributed by atoms with Crippen LogP contribution in [0, 0.1) is 0 Å². The molecule has 36 heavy (non-hydrogen) atoms. The van der Waals surface area contributed by atoms with Crippen molar-refractivity contribution < 1.29 is 39.0 Å². The molecular formula is C21H38N6O8S. The molecule has 0 aliphatic heterocycles. The van der Waals surface area contributed by atoms with E-state index in [0.717, 1.165) is 0 Å². The van der Waals surface area contributed by atoms with Crippen molar-refractivity contribution in [3.63, 3.8) is 0 Å². The largest absolute Gasteiger partial charge is 0.481 e. The lowest BCUT2D eigenvalue weighted by Crippen LogP contribution is -2.57. The Morgan fingerprint density at radius 3 is 1.81 bits per heavy atom. The zero-order valence-electron chi connectivity index (χ0n) is 20.4. The molecule has 4 atom stereocenters. The Bertz CT molecular complexity index is 769.